The highest BCUT2D eigenvalue weighted by Crippen LogP contribution is 2.42. The van der Waals surface area contributed by atoms with Gasteiger partial charge in [-0.05, 0) is 122 Å². The van der Waals surface area contributed by atoms with Crippen LogP contribution in [-0.2, 0) is 6.42 Å². The molecular weight excluding hydrogens is 673 g/mol. The number of fused-ring (bicyclic) bond motifs is 7. The van der Waals surface area contributed by atoms with Crippen molar-refractivity contribution in [2.24, 2.45) is 0 Å². The lowest BCUT2D eigenvalue weighted by atomic mass is 9.85. The Labute approximate surface area is 320 Å². The highest BCUT2D eigenvalue weighted by Gasteiger charge is 2.19. The number of ether oxygens (including phenoxy) is 1. The highest BCUT2D eigenvalue weighted by atomic mass is 32.1. The molecule has 7 aromatic rings. The van der Waals surface area contributed by atoms with E-state index >= 15 is 0 Å². The van der Waals surface area contributed by atoms with Crippen LogP contribution in [0.1, 0.15) is 36.5 Å². The summed E-state index contributed by atoms with van der Waals surface area (Å²) in [5.74, 6) is 1.89. The zero-order valence-corrected chi connectivity index (χ0v) is 31.3. The maximum atomic E-state index is 6.38. The van der Waals surface area contributed by atoms with E-state index < -0.39 is 0 Å². The van der Waals surface area contributed by atoms with E-state index in [1.165, 1.54) is 69.2 Å². The summed E-state index contributed by atoms with van der Waals surface area (Å²) in [4.78, 5) is 0. The van der Waals surface area contributed by atoms with Gasteiger partial charge in [-0.15, -0.1) is 11.3 Å². The van der Waals surface area contributed by atoms with Crippen LogP contribution in [0.15, 0.2) is 194 Å². The normalized spacial score (nSPS) is 18.3. The summed E-state index contributed by atoms with van der Waals surface area (Å²) in [6, 6.07) is 35.3. The van der Waals surface area contributed by atoms with Gasteiger partial charge in [-0.2, -0.15) is 0 Å². The molecule has 0 amide bonds. The summed E-state index contributed by atoms with van der Waals surface area (Å²) in [6.45, 7) is 11.1. The summed E-state index contributed by atoms with van der Waals surface area (Å²) in [5, 5.41) is 10.00. The van der Waals surface area contributed by atoms with Gasteiger partial charge in [0.1, 0.15) is 11.5 Å². The molecule has 9 rings (SSSR count). The fourth-order valence-electron chi connectivity index (χ4n) is 7.82. The van der Waals surface area contributed by atoms with Crippen molar-refractivity contribution in [1.82, 2.24) is 0 Å². The molecule has 1 aromatic heterocycles. The number of benzene rings is 6. The predicted molar refractivity (Wildman–Crippen MR) is 236 cm³/mol. The van der Waals surface area contributed by atoms with Crippen LogP contribution in [0.4, 0.5) is 0 Å². The van der Waals surface area contributed by atoms with Crippen molar-refractivity contribution in [2.45, 2.75) is 26.2 Å². The molecule has 1 aliphatic carbocycles. The van der Waals surface area contributed by atoms with Gasteiger partial charge in [-0.1, -0.05) is 141 Å². The summed E-state index contributed by atoms with van der Waals surface area (Å²) in [5.41, 5.74) is 7.94. The standard InChI is InChI=1S/C52H40OS/c1-34(35(2)27-28-41-30-40-29-38-31-47-42-19-15-16-24-49(42)54-50(47)33-39(38)32-48(40)53-41)25-26-36(3)51-43-20-11-13-22-45(43)52(46-23-14-12-21-44(46)51)37-17-9-7-5-4-6-8-10-18-37/h4-5,7-16,18-29,31-33H,1,3,6,17,30H2,2H3/b5-4-,9-7-,10-8-,26-25-,35-27+,37-18+,41-28+. The first-order valence-corrected chi connectivity index (χ1v) is 19.4. The molecule has 6 aromatic carbocycles. The summed E-state index contributed by atoms with van der Waals surface area (Å²) >= 11 is 1.85. The molecule has 0 bridgehead atoms. The van der Waals surface area contributed by atoms with Crippen LogP contribution in [0.2, 0.25) is 0 Å². The Kier molecular flexibility index (Phi) is 8.90. The molecule has 0 unspecified atom stereocenters. The summed E-state index contributed by atoms with van der Waals surface area (Å²) in [6.07, 6.45) is 26.4. The molecule has 2 heteroatoms. The topological polar surface area (TPSA) is 9.23 Å². The predicted octanol–water partition coefficient (Wildman–Crippen LogP) is 15.0. The van der Waals surface area contributed by atoms with Crippen LogP contribution in [0, 0.1) is 0 Å². The van der Waals surface area contributed by atoms with Crippen LogP contribution >= 0.6 is 11.3 Å². The van der Waals surface area contributed by atoms with Crippen molar-refractivity contribution >= 4 is 75.0 Å². The molecule has 0 saturated carbocycles. The first kappa shape index (κ1) is 33.6. The van der Waals surface area contributed by atoms with Crippen LogP contribution in [0.25, 0.3) is 63.6 Å². The van der Waals surface area contributed by atoms with Gasteiger partial charge in [-0.25, -0.2) is 0 Å². The van der Waals surface area contributed by atoms with E-state index in [4.69, 9.17) is 4.74 Å². The molecule has 0 fully saturated rings. The number of rotatable bonds is 6. The second-order valence-electron chi connectivity index (χ2n) is 14.2. The lowest BCUT2D eigenvalue weighted by Gasteiger charge is -2.19. The third kappa shape index (κ3) is 6.29. The van der Waals surface area contributed by atoms with E-state index in [1.54, 1.807) is 0 Å². The van der Waals surface area contributed by atoms with Crippen molar-refractivity contribution in [1.29, 1.82) is 0 Å². The molecule has 0 radical (unpaired) electrons. The first-order chi connectivity index (χ1) is 26.5. The third-order valence-electron chi connectivity index (χ3n) is 10.6. The second kappa shape index (κ2) is 14.3. The van der Waals surface area contributed by atoms with Crippen LogP contribution in [0.3, 0.4) is 0 Å². The Morgan fingerprint density at radius 1 is 0.685 bits per heavy atom. The average molecular weight is 713 g/mol. The van der Waals surface area contributed by atoms with Gasteiger partial charge in [0.05, 0.1) is 0 Å². The Morgan fingerprint density at radius 3 is 2.17 bits per heavy atom. The van der Waals surface area contributed by atoms with Gasteiger partial charge in [-0.3, -0.25) is 0 Å². The van der Waals surface area contributed by atoms with Crippen molar-refractivity contribution < 1.29 is 4.74 Å². The first-order valence-electron chi connectivity index (χ1n) is 18.6. The average Bonchev–Trinajstić information content (AvgIpc) is 3.77. The molecule has 0 spiro atoms. The minimum Gasteiger partial charge on any atom is -0.461 e. The summed E-state index contributed by atoms with van der Waals surface area (Å²) in [7, 11) is 0. The lowest BCUT2D eigenvalue weighted by Crippen LogP contribution is -1.95. The number of allylic oxidation sites excluding steroid dienone is 16. The molecule has 1 nitrogen and oxygen atoms in total. The van der Waals surface area contributed by atoms with Crippen LogP contribution in [-0.4, -0.2) is 0 Å². The fourth-order valence-corrected chi connectivity index (χ4v) is 8.96. The van der Waals surface area contributed by atoms with Gasteiger partial charge >= 0.3 is 0 Å². The molecule has 0 N–H and O–H groups in total. The minimum absolute atomic E-state index is 0.771. The largest absolute Gasteiger partial charge is 0.461 e. The van der Waals surface area contributed by atoms with Crippen molar-refractivity contribution in [2.75, 3.05) is 0 Å². The van der Waals surface area contributed by atoms with Gasteiger partial charge in [0.25, 0.3) is 0 Å². The van der Waals surface area contributed by atoms with Gasteiger partial charge < -0.3 is 4.74 Å². The molecule has 0 atom stereocenters. The molecule has 260 valence electrons. The monoisotopic (exact) mass is 712 g/mol. The van der Waals surface area contributed by atoms with E-state index in [9.17, 15) is 0 Å². The maximum Gasteiger partial charge on any atom is 0.131 e. The van der Waals surface area contributed by atoms with Crippen molar-refractivity contribution in [3.05, 3.63) is 211 Å². The van der Waals surface area contributed by atoms with Gasteiger partial charge in [0.2, 0.25) is 0 Å². The second-order valence-corrected chi connectivity index (χ2v) is 15.2. The van der Waals surface area contributed by atoms with E-state index in [2.05, 4.69) is 184 Å². The Bertz CT molecular complexity index is 2860. The van der Waals surface area contributed by atoms with E-state index in [-0.39, 0.29) is 0 Å². The lowest BCUT2D eigenvalue weighted by molar-refractivity contribution is 0.447. The highest BCUT2D eigenvalue weighted by molar-refractivity contribution is 7.25. The molecule has 2 aliphatic rings. The smallest absolute Gasteiger partial charge is 0.131 e. The maximum absolute atomic E-state index is 6.38. The molecule has 0 saturated heterocycles. The molecule has 54 heavy (non-hydrogen) atoms. The minimum atomic E-state index is 0.771. The van der Waals surface area contributed by atoms with Gasteiger partial charge in [0.15, 0.2) is 0 Å². The van der Waals surface area contributed by atoms with Crippen LogP contribution in [0.5, 0.6) is 5.75 Å². The van der Waals surface area contributed by atoms with E-state index in [0.29, 0.717) is 0 Å². The Hall–Kier alpha value is -6.22. The molecule has 1 aliphatic heterocycles. The van der Waals surface area contributed by atoms with Crippen molar-refractivity contribution in [3.8, 4) is 5.75 Å². The Morgan fingerprint density at radius 2 is 1.37 bits per heavy atom. The number of thiophene rings is 1. The zero-order chi connectivity index (χ0) is 36.6. The zero-order valence-electron chi connectivity index (χ0n) is 30.4. The van der Waals surface area contributed by atoms with E-state index in [1.807, 2.05) is 11.3 Å². The van der Waals surface area contributed by atoms with E-state index in [0.717, 1.165) is 53.1 Å². The Balaban J connectivity index is 0.978. The third-order valence-corrected chi connectivity index (χ3v) is 11.8. The van der Waals surface area contributed by atoms with Crippen molar-refractivity contribution in [3.63, 3.8) is 0 Å². The van der Waals surface area contributed by atoms with Gasteiger partial charge in [0, 0.05) is 32.2 Å². The number of hydrogen-bond donors (Lipinski definition) is 0. The number of hydrogen-bond acceptors (Lipinski definition) is 2. The van der Waals surface area contributed by atoms with Crippen LogP contribution < -0.4 is 4.74 Å². The SMILES string of the molecule is C=C(/C=C\C(=C)c1c2ccccc2c(/C2=C/C=C\C/C=C\C=C/C2)c2ccccc12)/C(C)=C/C=C1\Cc2cc3cc4c(cc3cc2O1)sc1ccccc14. The molecule has 2 heterocycles. The summed E-state index contributed by atoms with van der Waals surface area (Å²) < 4.78 is 9.01. The quantitative estimate of drug-likeness (QED) is 0.123. The molecular formula is C52H40OS. The fraction of sp³-hybridized carbons (Fsp3) is 0.0769.